The first-order valence-corrected chi connectivity index (χ1v) is 8.06. The maximum absolute atomic E-state index is 13.5. The van der Waals surface area contributed by atoms with Gasteiger partial charge in [0.15, 0.2) is 0 Å². The van der Waals surface area contributed by atoms with Crippen molar-refractivity contribution >= 4 is 17.5 Å². The second-order valence-electron chi connectivity index (χ2n) is 5.58. The van der Waals surface area contributed by atoms with Gasteiger partial charge in [-0.25, -0.2) is 4.39 Å². The number of hydrogen-bond acceptors (Lipinski definition) is 3. The number of rotatable bonds is 5. The van der Waals surface area contributed by atoms with Crippen LogP contribution in [0.1, 0.15) is 37.3 Å². The summed E-state index contributed by atoms with van der Waals surface area (Å²) in [5.74, 6) is -0.506. The number of aliphatic hydroxyl groups excluding tert-OH is 1. The minimum absolute atomic E-state index is 0.0229. The van der Waals surface area contributed by atoms with Gasteiger partial charge in [0.2, 0.25) is 5.91 Å². The zero-order chi connectivity index (χ0) is 15.9. The summed E-state index contributed by atoms with van der Waals surface area (Å²) >= 11 is 5.65. The molecule has 1 aliphatic heterocycles. The highest BCUT2D eigenvalue weighted by atomic mass is 35.5. The van der Waals surface area contributed by atoms with E-state index in [1.54, 1.807) is 6.07 Å². The van der Waals surface area contributed by atoms with E-state index >= 15 is 0 Å². The summed E-state index contributed by atoms with van der Waals surface area (Å²) < 4.78 is 13.5. The number of carbonyl (C=O) groups is 1. The van der Waals surface area contributed by atoms with Crippen molar-refractivity contribution in [3.05, 3.63) is 34.6 Å². The number of nitrogens with one attached hydrogen (secondary N) is 1. The molecule has 22 heavy (non-hydrogen) atoms. The predicted molar refractivity (Wildman–Crippen MR) is 84.3 cm³/mol. The summed E-state index contributed by atoms with van der Waals surface area (Å²) in [6.07, 6.45) is 4.41. The first-order valence-electron chi connectivity index (χ1n) is 7.69. The number of likely N-dealkylation sites (tertiary alicyclic amines) is 1. The second kappa shape index (κ2) is 8.46. The van der Waals surface area contributed by atoms with Gasteiger partial charge in [-0.3, -0.25) is 10.1 Å². The van der Waals surface area contributed by atoms with E-state index in [2.05, 4.69) is 5.32 Å². The van der Waals surface area contributed by atoms with Crippen LogP contribution >= 0.6 is 11.6 Å². The molecule has 1 saturated heterocycles. The van der Waals surface area contributed by atoms with Gasteiger partial charge < -0.3 is 10.0 Å². The quantitative estimate of drug-likeness (QED) is 0.873. The number of amides is 1. The standard InChI is InChI=1S/C16H22ClFN2O2/c17-13-6-5-12(9-14(13)18)15(11-21)19-10-16(22)20-7-3-1-2-4-8-20/h5-6,9,15,19,21H,1-4,7-8,10-11H2. The predicted octanol–water partition coefficient (Wildman–Crippen LogP) is 2.50. The summed E-state index contributed by atoms with van der Waals surface area (Å²) in [6, 6.07) is 3.90. The van der Waals surface area contributed by atoms with Crippen molar-refractivity contribution in [3.63, 3.8) is 0 Å². The topological polar surface area (TPSA) is 52.6 Å². The molecule has 0 saturated carbocycles. The number of hydrogen-bond donors (Lipinski definition) is 2. The Kier molecular flexibility index (Phi) is 6.61. The average molecular weight is 329 g/mol. The largest absolute Gasteiger partial charge is 0.394 e. The van der Waals surface area contributed by atoms with E-state index in [4.69, 9.17) is 11.6 Å². The SMILES string of the molecule is O=C(CNC(CO)c1ccc(Cl)c(F)c1)N1CCCCCC1. The summed E-state index contributed by atoms with van der Waals surface area (Å²) in [6.45, 7) is 1.50. The molecule has 1 aliphatic rings. The molecule has 0 bridgehead atoms. The van der Waals surface area contributed by atoms with Gasteiger partial charge in [-0.1, -0.05) is 30.5 Å². The third kappa shape index (κ3) is 4.66. The Morgan fingerprint density at radius 3 is 2.59 bits per heavy atom. The molecule has 1 unspecified atom stereocenters. The highest BCUT2D eigenvalue weighted by Crippen LogP contribution is 2.20. The first kappa shape index (κ1) is 17.2. The fourth-order valence-electron chi connectivity index (χ4n) is 2.66. The van der Waals surface area contributed by atoms with Crippen LogP contribution in [0.25, 0.3) is 0 Å². The summed E-state index contributed by atoms with van der Waals surface area (Å²) in [4.78, 5) is 14.1. The molecule has 4 nitrogen and oxygen atoms in total. The first-order chi connectivity index (χ1) is 10.6. The van der Waals surface area contributed by atoms with E-state index in [1.807, 2.05) is 4.90 Å². The molecule has 0 spiro atoms. The molecule has 1 aromatic carbocycles. The van der Waals surface area contributed by atoms with Crippen molar-refractivity contribution in [2.75, 3.05) is 26.2 Å². The van der Waals surface area contributed by atoms with Gasteiger partial charge in [-0.05, 0) is 30.5 Å². The lowest BCUT2D eigenvalue weighted by Gasteiger charge is -2.23. The van der Waals surface area contributed by atoms with Gasteiger partial charge in [-0.2, -0.15) is 0 Å². The van der Waals surface area contributed by atoms with E-state index in [9.17, 15) is 14.3 Å². The maximum Gasteiger partial charge on any atom is 0.236 e. The molecule has 6 heteroatoms. The van der Waals surface area contributed by atoms with Crippen LogP contribution in [0.3, 0.4) is 0 Å². The van der Waals surface area contributed by atoms with Gasteiger partial charge in [0, 0.05) is 13.1 Å². The minimum atomic E-state index is -0.529. The van der Waals surface area contributed by atoms with Gasteiger partial charge in [0.05, 0.1) is 24.2 Å². The molecule has 2 N–H and O–H groups in total. The van der Waals surface area contributed by atoms with E-state index < -0.39 is 11.9 Å². The molecule has 1 aromatic rings. The lowest BCUT2D eigenvalue weighted by molar-refractivity contribution is -0.130. The van der Waals surface area contributed by atoms with E-state index in [0.29, 0.717) is 5.56 Å². The molecule has 1 amide bonds. The monoisotopic (exact) mass is 328 g/mol. The van der Waals surface area contributed by atoms with Gasteiger partial charge >= 0.3 is 0 Å². The van der Waals surface area contributed by atoms with E-state index in [0.717, 1.165) is 25.9 Å². The zero-order valence-electron chi connectivity index (χ0n) is 12.5. The van der Waals surface area contributed by atoms with Crippen LogP contribution in [0, 0.1) is 5.82 Å². The van der Waals surface area contributed by atoms with Crippen LogP contribution < -0.4 is 5.32 Å². The minimum Gasteiger partial charge on any atom is -0.394 e. The van der Waals surface area contributed by atoms with E-state index in [1.165, 1.54) is 25.0 Å². The second-order valence-corrected chi connectivity index (χ2v) is 5.99. The number of aliphatic hydroxyl groups is 1. The van der Waals surface area contributed by atoms with Crippen molar-refractivity contribution in [1.82, 2.24) is 10.2 Å². The number of nitrogens with zero attached hydrogens (tertiary/aromatic N) is 1. The number of benzene rings is 1. The Morgan fingerprint density at radius 2 is 2.00 bits per heavy atom. The number of halogens is 2. The lowest BCUT2D eigenvalue weighted by atomic mass is 10.1. The Labute approximate surface area is 135 Å². The van der Waals surface area contributed by atoms with Gasteiger partial charge in [0.25, 0.3) is 0 Å². The molecule has 0 aromatic heterocycles. The van der Waals surface area contributed by atoms with Crippen molar-refractivity contribution in [1.29, 1.82) is 0 Å². The molecule has 1 heterocycles. The van der Waals surface area contributed by atoms with Crippen LogP contribution in [0.2, 0.25) is 5.02 Å². The fraction of sp³-hybridized carbons (Fsp3) is 0.562. The molecule has 0 aliphatic carbocycles. The normalized spacial score (nSPS) is 17.1. The lowest BCUT2D eigenvalue weighted by Crippen LogP contribution is -2.40. The van der Waals surface area contributed by atoms with Crippen molar-refractivity contribution in [2.24, 2.45) is 0 Å². The summed E-state index contributed by atoms with van der Waals surface area (Å²) in [5, 5.41) is 12.5. The molecular formula is C16H22ClFN2O2. The highest BCUT2D eigenvalue weighted by Gasteiger charge is 2.18. The Balaban J connectivity index is 1.92. The molecule has 1 fully saturated rings. The van der Waals surface area contributed by atoms with Crippen LogP contribution in [-0.2, 0) is 4.79 Å². The fourth-order valence-corrected chi connectivity index (χ4v) is 2.78. The third-order valence-corrected chi connectivity index (χ3v) is 4.29. The third-order valence-electron chi connectivity index (χ3n) is 3.99. The molecular weight excluding hydrogens is 307 g/mol. The van der Waals surface area contributed by atoms with Gasteiger partial charge in [-0.15, -0.1) is 0 Å². The Morgan fingerprint density at radius 1 is 1.32 bits per heavy atom. The van der Waals surface area contributed by atoms with E-state index in [-0.39, 0.29) is 24.1 Å². The highest BCUT2D eigenvalue weighted by molar-refractivity contribution is 6.30. The maximum atomic E-state index is 13.5. The van der Waals surface area contributed by atoms with Crippen LogP contribution in [0.4, 0.5) is 4.39 Å². The molecule has 122 valence electrons. The van der Waals surface area contributed by atoms with Crippen molar-refractivity contribution in [2.45, 2.75) is 31.7 Å². The molecule has 2 rings (SSSR count). The van der Waals surface area contributed by atoms with Crippen LogP contribution in [-0.4, -0.2) is 42.2 Å². The smallest absolute Gasteiger partial charge is 0.236 e. The molecule has 0 radical (unpaired) electrons. The Bertz CT molecular complexity index is 505. The molecule has 1 atom stereocenters. The van der Waals surface area contributed by atoms with Crippen LogP contribution in [0.5, 0.6) is 0 Å². The van der Waals surface area contributed by atoms with Crippen molar-refractivity contribution < 1.29 is 14.3 Å². The zero-order valence-corrected chi connectivity index (χ0v) is 13.3. The van der Waals surface area contributed by atoms with Crippen molar-refractivity contribution in [3.8, 4) is 0 Å². The summed E-state index contributed by atoms with van der Waals surface area (Å²) in [7, 11) is 0. The average Bonchev–Trinajstić information content (AvgIpc) is 2.80. The van der Waals surface area contributed by atoms with Crippen LogP contribution in [0.15, 0.2) is 18.2 Å². The number of carbonyl (C=O) groups excluding carboxylic acids is 1. The van der Waals surface area contributed by atoms with Gasteiger partial charge in [0.1, 0.15) is 5.82 Å². The summed E-state index contributed by atoms with van der Waals surface area (Å²) in [5.41, 5.74) is 0.577. The Hall–Kier alpha value is -1.17.